The Hall–Kier alpha value is -0.260. The Balaban J connectivity index is 2.31. The highest BCUT2D eigenvalue weighted by Gasteiger charge is 2.21. The molecule has 0 aromatic carbocycles. The third kappa shape index (κ3) is 1.36. The van der Waals surface area contributed by atoms with Crippen molar-refractivity contribution in [1.29, 1.82) is 0 Å². The van der Waals surface area contributed by atoms with Gasteiger partial charge in [-0.15, -0.1) is 0 Å². The summed E-state index contributed by atoms with van der Waals surface area (Å²) in [5.41, 5.74) is 1.62. The minimum atomic E-state index is 0.981. The first kappa shape index (κ1) is 5.87. The molecule has 0 nitrogen and oxygen atoms in total. The molecule has 46 valence electrons. The van der Waals surface area contributed by atoms with E-state index in [1.54, 1.807) is 5.57 Å². The average molecular weight is 110 g/mol. The fraction of sp³-hybridized carbons (Fsp3) is 0.750. The maximum absolute atomic E-state index is 2.34. The first-order valence-electron chi connectivity index (χ1n) is 3.51. The molecule has 0 radical (unpaired) electrons. The van der Waals surface area contributed by atoms with Gasteiger partial charge in [-0.25, -0.2) is 0 Å². The van der Waals surface area contributed by atoms with Gasteiger partial charge < -0.3 is 0 Å². The van der Waals surface area contributed by atoms with Crippen molar-refractivity contribution in [3.63, 3.8) is 0 Å². The van der Waals surface area contributed by atoms with Gasteiger partial charge in [-0.3, -0.25) is 0 Å². The number of rotatable bonds is 2. The zero-order chi connectivity index (χ0) is 5.98. The Morgan fingerprint density at radius 2 is 2.25 bits per heavy atom. The van der Waals surface area contributed by atoms with Crippen LogP contribution in [0, 0.1) is 5.92 Å². The molecular weight excluding hydrogens is 96.1 g/mol. The standard InChI is InChI=1S/C8H14/c1-3-4-7(2)8-5-6-8/h4,8H,3,5-6H2,1-2H3/b7-4-. The second kappa shape index (κ2) is 2.34. The Kier molecular flexibility index (Phi) is 1.72. The molecule has 0 aliphatic heterocycles. The largest absolute Gasteiger partial charge is 0.0856 e. The first-order valence-corrected chi connectivity index (χ1v) is 3.51. The molecule has 0 N–H and O–H groups in total. The SMILES string of the molecule is CC/C=C(/C)C1CC1. The molecule has 0 saturated heterocycles. The smallest absolute Gasteiger partial charge is 0.0206 e. The Labute approximate surface area is 51.6 Å². The van der Waals surface area contributed by atoms with Gasteiger partial charge in [0.25, 0.3) is 0 Å². The van der Waals surface area contributed by atoms with E-state index in [1.165, 1.54) is 19.3 Å². The van der Waals surface area contributed by atoms with E-state index >= 15 is 0 Å². The molecule has 0 aromatic heterocycles. The summed E-state index contributed by atoms with van der Waals surface area (Å²) >= 11 is 0. The molecule has 1 rings (SSSR count). The van der Waals surface area contributed by atoms with Crippen LogP contribution in [0.5, 0.6) is 0 Å². The Bertz CT molecular complexity index is 96.6. The molecule has 0 amide bonds. The third-order valence-corrected chi connectivity index (χ3v) is 1.75. The van der Waals surface area contributed by atoms with E-state index in [0.717, 1.165) is 5.92 Å². The summed E-state index contributed by atoms with van der Waals surface area (Å²) in [4.78, 5) is 0. The molecule has 8 heavy (non-hydrogen) atoms. The summed E-state index contributed by atoms with van der Waals surface area (Å²) in [6, 6.07) is 0. The van der Waals surface area contributed by atoms with Gasteiger partial charge >= 0.3 is 0 Å². The van der Waals surface area contributed by atoms with Crippen molar-refractivity contribution in [3.05, 3.63) is 11.6 Å². The monoisotopic (exact) mass is 110 g/mol. The molecule has 0 spiro atoms. The van der Waals surface area contributed by atoms with E-state index in [-0.39, 0.29) is 0 Å². The van der Waals surface area contributed by atoms with E-state index in [4.69, 9.17) is 0 Å². The number of allylic oxidation sites excluding steroid dienone is 2. The van der Waals surface area contributed by atoms with Gasteiger partial charge in [0, 0.05) is 0 Å². The van der Waals surface area contributed by atoms with E-state index in [2.05, 4.69) is 19.9 Å². The maximum Gasteiger partial charge on any atom is -0.0206 e. The minimum absolute atomic E-state index is 0.981. The van der Waals surface area contributed by atoms with Crippen LogP contribution < -0.4 is 0 Å². The molecule has 0 bridgehead atoms. The van der Waals surface area contributed by atoms with Crippen LogP contribution in [-0.2, 0) is 0 Å². The predicted molar refractivity (Wildman–Crippen MR) is 36.8 cm³/mol. The van der Waals surface area contributed by atoms with Crippen LogP contribution in [0.15, 0.2) is 11.6 Å². The van der Waals surface area contributed by atoms with Gasteiger partial charge in [-0.2, -0.15) is 0 Å². The molecule has 0 heteroatoms. The van der Waals surface area contributed by atoms with Crippen LogP contribution in [0.4, 0.5) is 0 Å². The van der Waals surface area contributed by atoms with Crippen molar-refractivity contribution >= 4 is 0 Å². The van der Waals surface area contributed by atoms with Crippen molar-refractivity contribution in [1.82, 2.24) is 0 Å². The van der Waals surface area contributed by atoms with E-state index in [9.17, 15) is 0 Å². The molecule has 0 heterocycles. The van der Waals surface area contributed by atoms with Gasteiger partial charge in [-0.05, 0) is 32.1 Å². The zero-order valence-electron chi connectivity index (χ0n) is 5.78. The predicted octanol–water partition coefficient (Wildman–Crippen LogP) is 2.75. The normalized spacial score (nSPS) is 21.5. The summed E-state index contributed by atoms with van der Waals surface area (Å²) in [5.74, 6) is 0.981. The van der Waals surface area contributed by atoms with Crippen LogP contribution in [0.25, 0.3) is 0 Å². The lowest BCUT2D eigenvalue weighted by Gasteiger charge is -1.91. The van der Waals surface area contributed by atoms with Crippen molar-refractivity contribution < 1.29 is 0 Å². The summed E-state index contributed by atoms with van der Waals surface area (Å²) in [6.45, 7) is 4.45. The molecule has 0 unspecified atom stereocenters. The van der Waals surface area contributed by atoms with Gasteiger partial charge in [0.15, 0.2) is 0 Å². The lowest BCUT2D eigenvalue weighted by molar-refractivity contribution is 0.981. The van der Waals surface area contributed by atoms with Crippen LogP contribution in [-0.4, -0.2) is 0 Å². The van der Waals surface area contributed by atoms with Gasteiger partial charge in [0.2, 0.25) is 0 Å². The molecule has 1 saturated carbocycles. The molecule has 0 aromatic rings. The van der Waals surface area contributed by atoms with Crippen molar-refractivity contribution in [2.45, 2.75) is 33.1 Å². The van der Waals surface area contributed by atoms with E-state index < -0.39 is 0 Å². The lowest BCUT2D eigenvalue weighted by Crippen LogP contribution is -1.75. The lowest BCUT2D eigenvalue weighted by atomic mass is 10.2. The van der Waals surface area contributed by atoms with Gasteiger partial charge in [0.1, 0.15) is 0 Å². The quantitative estimate of drug-likeness (QED) is 0.479. The van der Waals surface area contributed by atoms with Gasteiger partial charge in [-0.1, -0.05) is 18.6 Å². The van der Waals surface area contributed by atoms with Crippen molar-refractivity contribution in [3.8, 4) is 0 Å². The zero-order valence-corrected chi connectivity index (χ0v) is 5.78. The Morgan fingerprint density at radius 1 is 1.62 bits per heavy atom. The number of hydrogen-bond acceptors (Lipinski definition) is 0. The Morgan fingerprint density at radius 3 is 2.62 bits per heavy atom. The van der Waals surface area contributed by atoms with Gasteiger partial charge in [0.05, 0.1) is 0 Å². The summed E-state index contributed by atoms with van der Waals surface area (Å²) < 4.78 is 0. The molecule has 1 aliphatic rings. The van der Waals surface area contributed by atoms with E-state index in [0.29, 0.717) is 0 Å². The molecular formula is C8H14. The topological polar surface area (TPSA) is 0 Å². The van der Waals surface area contributed by atoms with E-state index in [1.807, 2.05) is 0 Å². The first-order chi connectivity index (χ1) is 3.84. The average Bonchev–Trinajstić information content (AvgIpc) is 2.45. The van der Waals surface area contributed by atoms with Crippen LogP contribution in [0.1, 0.15) is 33.1 Å². The molecule has 1 aliphatic carbocycles. The fourth-order valence-electron chi connectivity index (χ4n) is 1.03. The second-order valence-electron chi connectivity index (χ2n) is 2.63. The van der Waals surface area contributed by atoms with Crippen LogP contribution in [0.2, 0.25) is 0 Å². The third-order valence-electron chi connectivity index (χ3n) is 1.75. The van der Waals surface area contributed by atoms with Crippen molar-refractivity contribution in [2.24, 2.45) is 5.92 Å². The highest BCUT2D eigenvalue weighted by Crippen LogP contribution is 2.35. The number of hydrogen-bond donors (Lipinski definition) is 0. The highest BCUT2D eigenvalue weighted by molar-refractivity contribution is 5.08. The molecule has 1 fully saturated rings. The summed E-state index contributed by atoms with van der Waals surface area (Å²) in [7, 11) is 0. The summed E-state index contributed by atoms with van der Waals surface area (Å²) in [5, 5.41) is 0. The second-order valence-corrected chi connectivity index (χ2v) is 2.63. The van der Waals surface area contributed by atoms with Crippen LogP contribution >= 0.6 is 0 Å². The highest BCUT2D eigenvalue weighted by atomic mass is 14.3. The van der Waals surface area contributed by atoms with Crippen molar-refractivity contribution in [2.75, 3.05) is 0 Å². The maximum atomic E-state index is 2.34. The molecule has 0 atom stereocenters. The van der Waals surface area contributed by atoms with Crippen LogP contribution in [0.3, 0.4) is 0 Å². The minimum Gasteiger partial charge on any atom is -0.0856 e. The fourth-order valence-corrected chi connectivity index (χ4v) is 1.03. The summed E-state index contributed by atoms with van der Waals surface area (Å²) in [6.07, 6.45) is 6.45.